The van der Waals surface area contributed by atoms with Crippen molar-refractivity contribution >= 4 is 12.3 Å². The molecule has 0 N–H and O–H groups in total. The van der Waals surface area contributed by atoms with Crippen LogP contribution in [0.3, 0.4) is 0 Å². The molecule has 0 saturated carbocycles. The van der Waals surface area contributed by atoms with E-state index in [-0.39, 0.29) is 17.5 Å². The van der Waals surface area contributed by atoms with Crippen LogP contribution in [0.4, 0.5) is 53.5 Å². The highest BCUT2D eigenvalue weighted by atomic mass is 19.4. The molecule has 0 aliphatic heterocycles. The van der Waals surface area contributed by atoms with Crippen LogP contribution >= 0.6 is 0 Å². The zero-order valence-corrected chi connectivity index (χ0v) is 38.3. The molecule has 6 nitrogen and oxygen atoms in total. The molecule has 0 fully saturated rings. The first-order valence-corrected chi connectivity index (χ1v) is 22.9. The van der Waals surface area contributed by atoms with Crippen molar-refractivity contribution in [3.05, 3.63) is 107 Å². The summed E-state index contributed by atoms with van der Waals surface area (Å²) in [5.41, 5.74) is 2.93. The van der Waals surface area contributed by atoms with Gasteiger partial charge in [-0.15, -0.1) is 0 Å². The van der Waals surface area contributed by atoms with E-state index in [0.717, 1.165) is 61.8 Å². The highest BCUT2D eigenvalue weighted by molar-refractivity contribution is 5.69. The van der Waals surface area contributed by atoms with E-state index < -0.39 is 84.5 Å². The van der Waals surface area contributed by atoms with E-state index in [2.05, 4.69) is 32.8 Å². The van der Waals surface area contributed by atoms with E-state index in [0.29, 0.717) is 11.1 Å². The average molecular weight is 959 g/mol. The van der Waals surface area contributed by atoms with Crippen LogP contribution in [0, 0.1) is 23.3 Å². The first-order valence-electron chi connectivity index (χ1n) is 22.9. The minimum atomic E-state index is -4.79. The molecule has 0 heterocycles. The third kappa shape index (κ3) is 18.7. The predicted molar refractivity (Wildman–Crippen MR) is 237 cm³/mol. The van der Waals surface area contributed by atoms with Gasteiger partial charge in [0.2, 0.25) is 23.8 Å². The fourth-order valence-electron chi connectivity index (χ4n) is 6.98. The van der Waals surface area contributed by atoms with Gasteiger partial charge >= 0.3 is 24.7 Å². The lowest BCUT2D eigenvalue weighted by Gasteiger charge is -2.19. The molecule has 16 heteroatoms. The molecule has 0 aliphatic rings. The quantitative estimate of drug-likeness (QED) is 0.0319. The largest absolute Gasteiger partial charge is 0.514 e. The number of aryl methyl sites for hydroxylation is 2. The molecular weight excluding hydrogens is 899 g/mol. The molecule has 2 atom stereocenters. The van der Waals surface area contributed by atoms with Crippen molar-refractivity contribution in [3.63, 3.8) is 0 Å². The number of alkyl halides is 6. The smallest absolute Gasteiger partial charge is 0.421 e. The van der Waals surface area contributed by atoms with Crippen molar-refractivity contribution in [1.29, 1.82) is 0 Å². The van der Waals surface area contributed by atoms with Crippen molar-refractivity contribution in [1.82, 2.24) is 0 Å². The Bertz CT molecular complexity index is 2100. The van der Waals surface area contributed by atoms with Crippen molar-refractivity contribution in [2.24, 2.45) is 0 Å². The zero-order valence-electron chi connectivity index (χ0n) is 38.3. The van der Waals surface area contributed by atoms with Gasteiger partial charge in [-0.2, -0.15) is 35.1 Å². The Morgan fingerprint density at radius 3 is 1.15 bits per heavy atom. The van der Waals surface area contributed by atoms with Crippen molar-refractivity contribution in [3.8, 4) is 33.8 Å². The number of benzene rings is 4. The molecule has 4 rings (SSSR count). The van der Waals surface area contributed by atoms with E-state index in [1.54, 1.807) is 24.3 Å². The number of carbonyl (C=O) groups excluding carboxylic acids is 2. The average Bonchev–Trinajstić information content (AvgIpc) is 3.28. The number of rotatable bonds is 23. The molecular formula is C51H60F10O6. The topological polar surface area (TPSA) is 71.1 Å². The summed E-state index contributed by atoms with van der Waals surface area (Å²) in [6.45, 7) is 7.00. The summed E-state index contributed by atoms with van der Waals surface area (Å²) >= 11 is 0. The number of carbonyl (C=O) groups is 2. The molecule has 0 bridgehead atoms. The van der Waals surface area contributed by atoms with E-state index >= 15 is 0 Å². The van der Waals surface area contributed by atoms with E-state index in [1.807, 2.05) is 24.3 Å². The number of hydrogen-bond donors (Lipinski definition) is 0. The molecule has 0 aromatic heterocycles. The third-order valence-electron chi connectivity index (χ3n) is 10.8. The van der Waals surface area contributed by atoms with Gasteiger partial charge in [0.1, 0.15) is 0 Å². The number of ether oxygens (including phenoxy) is 4. The maximum absolute atomic E-state index is 14.6. The van der Waals surface area contributed by atoms with Crippen LogP contribution in [0.1, 0.15) is 135 Å². The molecule has 370 valence electrons. The van der Waals surface area contributed by atoms with Crippen molar-refractivity contribution in [2.75, 3.05) is 0 Å². The van der Waals surface area contributed by atoms with Gasteiger partial charge in [0.05, 0.1) is 0 Å². The monoisotopic (exact) mass is 958 g/mol. The van der Waals surface area contributed by atoms with Crippen LogP contribution in [0.5, 0.6) is 11.5 Å². The summed E-state index contributed by atoms with van der Waals surface area (Å²) in [4.78, 5) is 23.3. The molecule has 0 saturated heterocycles. The SMILES string of the molecule is CCCCCCCCc1ccc(-c2ccc(OC(=O)OC(CC)C(F)(F)F)c(F)c2F)cc1.CCCCCCCCc1ccc(-c2ccc(OC(=O)OC(CCC)C(F)(F)F)c(F)c2F)cc1. The van der Waals surface area contributed by atoms with Gasteiger partial charge in [0.25, 0.3) is 0 Å². The highest BCUT2D eigenvalue weighted by Crippen LogP contribution is 2.34. The Labute approximate surface area is 386 Å². The first kappa shape index (κ1) is 56.0. The Balaban J connectivity index is 0.000000355. The number of unbranched alkanes of at least 4 members (excludes halogenated alkanes) is 10. The summed E-state index contributed by atoms with van der Waals surface area (Å²) in [6, 6.07) is 18.5. The third-order valence-corrected chi connectivity index (χ3v) is 10.8. The second-order valence-electron chi connectivity index (χ2n) is 16.1. The molecule has 0 radical (unpaired) electrons. The standard InChI is InChI=1S/C26H31F5O3.C25H29F5O3/c1-3-5-6-7-8-9-11-18-12-14-19(15-13-18)20-16-17-21(24(28)23(20)27)33-25(32)34-22(10-4-2)26(29,30)31;1-3-5-6-7-8-9-10-17-11-13-18(14-12-17)19-15-16-20(23(27)22(19)26)32-24(31)33-21(4-2)25(28,29)30/h12-17,22H,3-11H2,1-2H3;11-16,21H,3-10H2,1-2H3. The van der Waals surface area contributed by atoms with Gasteiger partial charge in [-0.1, -0.05) is 147 Å². The van der Waals surface area contributed by atoms with E-state index in [9.17, 15) is 53.5 Å². The van der Waals surface area contributed by atoms with Crippen molar-refractivity contribution < 1.29 is 72.4 Å². The molecule has 4 aromatic carbocycles. The Morgan fingerprint density at radius 2 is 0.806 bits per heavy atom. The summed E-state index contributed by atoms with van der Waals surface area (Å²) in [5, 5.41) is 0. The minimum Gasteiger partial charge on any atom is -0.421 e. The summed E-state index contributed by atoms with van der Waals surface area (Å²) < 4.78 is 152. The normalized spacial score (nSPS) is 12.4. The second kappa shape index (κ2) is 28.1. The van der Waals surface area contributed by atoms with E-state index in [1.165, 1.54) is 77.3 Å². The lowest BCUT2D eigenvalue weighted by atomic mass is 10.00. The first-order chi connectivity index (χ1) is 31.8. The van der Waals surface area contributed by atoms with Gasteiger partial charge in [-0.25, -0.2) is 18.4 Å². The maximum Gasteiger partial charge on any atom is 0.514 e. The summed E-state index contributed by atoms with van der Waals surface area (Å²) in [7, 11) is 0. The van der Waals surface area contributed by atoms with Gasteiger partial charge in [-0.3, -0.25) is 0 Å². The van der Waals surface area contributed by atoms with Crippen molar-refractivity contribution in [2.45, 2.75) is 161 Å². The Hall–Kier alpha value is -5.28. The van der Waals surface area contributed by atoms with Crippen LogP contribution in [0.25, 0.3) is 22.3 Å². The predicted octanol–water partition coefficient (Wildman–Crippen LogP) is 17.2. The van der Waals surface area contributed by atoms with Gasteiger partial charge in [0, 0.05) is 11.1 Å². The maximum atomic E-state index is 14.6. The number of hydrogen-bond acceptors (Lipinski definition) is 6. The van der Waals surface area contributed by atoms with Crippen LogP contribution in [-0.4, -0.2) is 36.9 Å². The van der Waals surface area contributed by atoms with E-state index in [4.69, 9.17) is 0 Å². The fourth-order valence-corrected chi connectivity index (χ4v) is 6.98. The number of halogens is 10. The van der Waals surface area contributed by atoms with Gasteiger partial charge in [0.15, 0.2) is 23.1 Å². The lowest BCUT2D eigenvalue weighted by molar-refractivity contribution is -0.208. The molecule has 4 aromatic rings. The van der Waals surface area contributed by atoms with Crippen LogP contribution in [-0.2, 0) is 22.3 Å². The van der Waals surface area contributed by atoms with Crippen LogP contribution < -0.4 is 9.47 Å². The molecule has 0 spiro atoms. The molecule has 67 heavy (non-hydrogen) atoms. The molecule has 2 unspecified atom stereocenters. The fraction of sp³-hybridized carbons (Fsp3) is 0.490. The summed E-state index contributed by atoms with van der Waals surface area (Å²) in [6.07, 6.45) is -2.80. The lowest BCUT2D eigenvalue weighted by Crippen LogP contribution is -2.34. The second-order valence-corrected chi connectivity index (χ2v) is 16.1. The summed E-state index contributed by atoms with van der Waals surface area (Å²) in [5.74, 6) is -7.20. The molecule has 0 aliphatic carbocycles. The molecule has 0 amide bonds. The Kier molecular flexibility index (Phi) is 23.5. The van der Waals surface area contributed by atoms with Gasteiger partial charge < -0.3 is 18.9 Å². The highest BCUT2D eigenvalue weighted by Gasteiger charge is 2.43. The minimum absolute atomic E-state index is 0.0523. The van der Waals surface area contributed by atoms with Crippen LogP contribution in [0.2, 0.25) is 0 Å². The zero-order chi connectivity index (χ0) is 49.6. The van der Waals surface area contributed by atoms with Gasteiger partial charge in [-0.05, 0) is 85.0 Å². The Morgan fingerprint density at radius 1 is 0.448 bits per heavy atom. The van der Waals surface area contributed by atoms with Crippen LogP contribution in [0.15, 0.2) is 72.8 Å².